The largest absolute Gasteiger partial charge is 0.485 e. The van der Waals surface area contributed by atoms with Gasteiger partial charge in [0.05, 0.1) is 0 Å². The summed E-state index contributed by atoms with van der Waals surface area (Å²) in [6.07, 6.45) is 0.659. The second-order valence-electron chi connectivity index (χ2n) is 5.63. The first-order chi connectivity index (χ1) is 11.9. The Labute approximate surface area is 145 Å². The van der Waals surface area contributed by atoms with E-state index in [9.17, 15) is 9.59 Å². The predicted molar refractivity (Wildman–Crippen MR) is 88.2 cm³/mol. The van der Waals surface area contributed by atoms with Gasteiger partial charge in [-0.15, -0.1) is 0 Å². The number of ether oxygens (including phenoxy) is 1. The maximum atomic E-state index is 12.7. The van der Waals surface area contributed by atoms with Gasteiger partial charge in [0.15, 0.2) is 6.61 Å². The minimum atomic E-state index is -1.05. The SMILES string of the molecule is CCC(C)N(CC(=O)O)C(=O)c1cccc(OCc2noc(C)n2)c1. The number of carbonyl (C=O) groups is 2. The molecule has 0 bridgehead atoms. The molecule has 1 atom stereocenters. The molecule has 0 aliphatic rings. The van der Waals surface area contributed by atoms with E-state index in [-0.39, 0.29) is 25.1 Å². The smallest absolute Gasteiger partial charge is 0.323 e. The van der Waals surface area contributed by atoms with Crippen LogP contribution in [-0.2, 0) is 11.4 Å². The van der Waals surface area contributed by atoms with Crippen molar-refractivity contribution in [2.75, 3.05) is 6.54 Å². The van der Waals surface area contributed by atoms with Crippen LogP contribution in [0.1, 0.15) is 42.3 Å². The number of aromatic nitrogens is 2. The summed E-state index contributed by atoms with van der Waals surface area (Å²) in [5, 5.41) is 12.8. The van der Waals surface area contributed by atoms with E-state index in [2.05, 4.69) is 10.1 Å². The van der Waals surface area contributed by atoms with E-state index in [1.54, 1.807) is 31.2 Å². The van der Waals surface area contributed by atoms with E-state index in [0.717, 1.165) is 0 Å². The highest BCUT2D eigenvalue weighted by molar-refractivity contribution is 5.96. The molecule has 25 heavy (non-hydrogen) atoms. The number of nitrogens with zero attached hydrogens (tertiary/aromatic N) is 3. The van der Waals surface area contributed by atoms with Gasteiger partial charge in [0.1, 0.15) is 12.3 Å². The van der Waals surface area contributed by atoms with Crippen molar-refractivity contribution in [3.63, 3.8) is 0 Å². The molecule has 0 radical (unpaired) electrons. The minimum absolute atomic E-state index is 0.110. The van der Waals surface area contributed by atoms with Crippen LogP contribution in [0, 0.1) is 6.92 Å². The molecule has 8 nitrogen and oxygen atoms in total. The van der Waals surface area contributed by atoms with Gasteiger partial charge in [0, 0.05) is 18.5 Å². The Bertz CT molecular complexity index is 743. The average Bonchev–Trinajstić information content (AvgIpc) is 3.02. The first-order valence-electron chi connectivity index (χ1n) is 7.95. The van der Waals surface area contributed by atoms with Crippen molar-refractivity contribution in [3.8, 4) is 5.75 Å². The summed E-state index contributed by atoms with van der Waals surface area (Å²) < 4.78 is 10.4. The number of benzene rings is 1. The van der Waals surface area contributed by atoms with Crippen LogP contribution in [0.5, 0.6) is 5.75 Å². The Morgan fingerprint density at radius 2 is 2.16 bits per heavy atom. The molecule has 1 N–H and O–H groups in total. The highest BCUT2D eigenvalue weighted by atomic mass is 16.5. The fourth-order valence-electron chi connectivity index (χ4n) is 2.23. The summed E-state index contributed by atoms with van der Waals surface area (Å²) in [6.45, 7) is 5.17. The maximum Gasteiger partial charge on any atom is 0.323 e. The van der Waals surface area contributed by atoms with Crippen LogP contribution < -0.4 is 4.74 Å². The topological polar surface area (TPSA) is 106 Å². The number of carboxylic acid groups (broad SMARTS) is 1. The van der Waals surface area contributed by atoms with Gasteiger partial charge in [-0.25, -0.2) is 0 Å². The normalized spacial score (nSPS) is 11.8. The Morgan fingerprint density at radius 3 is 2.76 bits per heavy atom. The molecular formula is C17H21N3O5. The van der Waals surface area contributed by atoms with Crippen LogP contribution in [0.15, 0.2) is 28.8 Å². The molecule has 1 aromatic carbocycles. The van der Waals surface area contributed by atoms with Crippen molar-refractivity contribution in [2.45, 2.75) is 39.8 Å². The number of aliphatic carboxylic acids is 1. The van der Waals surface area contributed by atoms with E-state index in [0.29, 0.717) is 29.4 Å². The summed E-state index contributed by atoms with van der Waals surface area (Å²) >= 11 is 0. The molecule has 134 valence electrons. The monoisotopic (exact) mass is 347 g/mol. The summed E-state index contributed by atoms with van der Waals surface area (Å²) in [4.78, 5) is 29.1. The molecule has 1 amide bonds. The molecular weight excluding hydrogens is 326 g/mol. The fraction of sp³-hybridized carbons (Fsp3) is 0.412. The highest BCUT2D eigenvalue weighted by Crippen LogP contribution is 2.18. The molecule has 0 aliphatic heterocycles. The minimum Gasteiger partial charge on any atom is -0.485 e. The fourth-order valence-corrected chi connectivity index (χ4v) is 2.23. The second-order valence-corrected chi connectivity index (χ2v) is 5.63. The van der Waals surface area contributed by atoms with Crippen LogP contribution in [0.3, 0.4) is 0 Å². The zero-order valence-corrected chi connectivity index (χ0v) is 14.4. The molecule has 8 heteroatoms. The number of hydrogen-bond donors (Lipinski definition) is 1. The van der Waals surface area contributed by atoms with Crippen molar-refractivity contribution in [3.05, 3.63) is 41.5 Å². The van der Waals surface area contributed by atoms with Gasteiger partial charge in [-0.1, -0.05) is 18.1 Å². The number of carbonyl (C=O) groups excluding carboxylic acids is 1. The quantitative estimate of drug-likeness (QED) is 0.781. The van der Waals surface area contributed by atoms with Crippen LogP contribution in [0.4, 0.5) is 0 Å². The van der Waals surface area contributed by atoms with Gasteiger partial charge in [-0.3, -0.25) is 9.59 Å². The molecule has 2 aromatic rings. The van der Waals surface area contributed by atoms with Crippen LogP contribution in [0.25, 0.3) is 0 Å². The highest BCUT2D eigenvalue weighted by Gasteiger charge is 2.23. The summed E-state index contributed by atoms with van der Waals surface area (Å²) in [5.74, 6) is -0.0828. The maximum absolute atomic E-state index is 12.7. The number of amides is 1. The zero-order valence-electron chi connectivity index (χ0n) is 14.4. The van der Waals surface area contributed by atoms with Crippen LogP contribution >= 0.6 is 0 Å². The average molecular weight is 347 g/mol. The molecule has 0 fully saturated rings. The predicted octanol–water partition coefficient (Wildman–Crippen LogP) is 2.28. The Balaban J connectivity index is 2.12. The van der Waals surface area contributed by atoms with Crippen LogP contribution in [-0.4, -0.2) is 44.6 Å². The molecule has 0 aliphatic carbocycles. The number of aryl methyl sites for hydroxylation is 1. The second kappa shape index (κ2) is 8.27. The number of rotatable bonds is 8. The van der Waals surface area contributed by atoms with E-state index < -0.39 is 5.97 Å². The lowest BCUT2D eigenvalue weighted by Gasteiger charge is -2.27. The Hall–Kier alpha value is -2.90. The third kappa shape index (κ3) is 5.03. The van der Waals surface area contributed by atoms with Crippen molar-refractivity contribution in [1.82, 2.24) is 15.0 Å². The lowest BCUT2D eigenvalue weighted by atomic mass is 10.1. The van der Waals surface area contributed by atoms with Crippen molar-refractivity contribution < 1.29 is 24.0 Å². The van der Waals surface area contributed by atoms with E-state index in [1.165, 1.54) is 4.90 Å². The molecule has 1 unspecified atom stereocenters. The molecule has 1 aromatic heterocycles. The molecule has 0 saturated heterocycles. The molecule has 2 rings (SSSR count). The van der Waals surface area contributed by atoms with E-state index in [4.69, 9.17) is 14.4 Å². The zero-order chi connectivity index (χ0) is 18.4. The van der Waals surface area contributed by atoms with Crippen LogP contribution in [0.2, 0.25) is 0 Å². The van der Waals surface area contributed by atoms with Crippen molar-refractivity contribution in [2.24, 2.45) is 0 Å². The van der Waals surface area contributed by atoms with Gasteiger partial charge in [-0.05, 0) is 31.5 Å². The summed E-state index contributed by atoms with van der Waals surface area (Å²) in [6, 6.07) is 6.40. The summed E-state index contributed by atoms with van der Waals surface area (Å²) in [7, 11) is 0. The molecule has 0 spiro atoms. The van der Waals surface area contributed by atoms with Gasteiger partial charge < -0.3 is 19.3 Å². The lowest BCUT2D eigenvalue weighted by Crippen LogP contribution is -2.41. The third-order valence-corrected chi connectivity index (χ3v) is 3.71. The van der Waals surface area contributed by atoms with E-state index >= 15 is 0 Å². The molecule has 1 heterocycles. The molecule has 0 saturated carbocycles. The number of carboxylic acids is 1. The first kappa shape index (κ1) is 18.4. The lowest BCUT2D eigenvalue weighted by molar-refractivity contribution is -0.138. The summed E-state index contributed by atoms with van der Waals surface area (Å²) in [5.41, 5.74) is 0.364. The third-order valence-electron chi connectivity index (χ3n) is 3.71. The van der Waals surface area contributed by atoms with E-state index in [1.807, 2.05) is 13.8 Å². The number of hydrogen-bond acceptors (Lipinski definition) is 6. The first-order valence-corrected chi connectivity index (χ1v) is 7.95. The van der Waals surface area contributed by atoms with Gasteiger partial charge in [0.25, 0.3) is 5.91 Å². The van der Waals surface area contributed by atoms with Gasteiger partial charge in [0.2, 0.25) is 11.7 Å². The van der Waals surface area contributed by atoms with Gasteiger partial charge in [-0.2, -0.15) is 4.98 Å². The Kier molecular flexibility index (Phi) is 6.10. The van der Waals surface area contributed by atoms with Crippen molar-refractivity contribution >= 4 is 11.9 Å². The Morgan fingerprint density at radius 1 is 1.40 bits per heavy atom. The van der Waals surface area contributed by atoms with Crippen molar-refractivity contribution in [1.29, 1.82) is 0 Å². The van der Waals surface area contributed by atoms with Gasteiger partial charge >= 0.3 is 5.97 Å². The standard InChI is InChI=1S/C17H21N3O5/c1-4-11(2)20(9-16(21)22)17(23)13-6-5-7-14(8-13)24-10-15-18-12(3)25-19-15/h5-8,11H,4,9-10H2,1-3H3,(H,21,22).